The van der Waals surface area contributed by atoms with Crippen molar-refractivity contribution in [1.29, 1.82) is 0 Å². The predicted molar refractivity (Wildman–Crippen MR) is 154 cm³/mol. The number of methoxy groups -OCH3 is 1. The molecule has 0 atom stereocenters. The lowest BCUT2D eigenvalue weighted by molar-refractivity contribution is 0.102. The summed E-state index contributed by atoms with van der Waals surface area (Å²) in [4.78, 5) is 15.7. The minimum atomic E-state index is -0.650. The van der Waals surface area contributed by atoms with Gasteiger partial charge in [0.2, 0.25) is 0 Å². The molecule has 0 bridgehead atoms. The van der Waals surface area contributed by atoms with Crippen molar-refractivity contribution in [3.05, 3.63) is 40.9 Å². The van der Waals surface area contributed by atoms with Gasteiger partial charge in [-0.1, -0.05) is 25.4 Å². The summed E-state index contributed by atoms with van der Waals surface area (Å²) >= 11 is 6.63. The van der Waals surface area contributed by atoms with E-state index in [1.54, 1.807) is 35.7 Å². The molecule has 0 spiro atoms. The van der Waals surface area contributed by atoms with E-state index in [1.165, 1.54) is 26.0 Å². The van der Waals surface area contributed by atoms with Gasteiger partial charge in [-0.3, -0.25) is 14.2 Å². The first-order chi connectivity index (χ1) is 18.8. The number of amides is 1. The zero-order valence-electron chi connectivity index (χ0n) is 23.0. The highest BCUT2D eigenvalue weighted by molar-refractivity contribution is 6.39. The van der Waals surface area contributed by atoms with Crippen molar-refractivity contribution in [3.63, 3.8) is 0 Å². The summed E-state index contributed by atoms with van der Waals surface area (Å²) in [6.07, 6.45) is 8.11. The van der Waals surface area contributed by atoms with Crippen molar-refractivity contribution in [3.8, 4) is 5.75 Å². The molecule has 1 saturated heterocycles. The molecule has 208 valence electrons. The lowest BCUT2D eigenvalue weighted by Crippen LogP contribution is -2.43. The Labute approximate surface area is 232 Å². The lowest BCUT2D eigenvalue weighted by atomic mass is 10.0. The molecule has 9 nitrogen and oxygen atoms in total. The largest absolute Gasteiger partial charge is 0.494 e. The number of ether oxygens (including phenoxy) is 1. The van der Waals surface area contributed by atoms with Crippen molar-refractivity contribution in [2.24, 2.45) is 14.1 Å². The molecule has 11 heteroatoms. The second-order valence-electron chi connectivity index (χ2n) is 9.98. The maximum absolute atomic E-state index is 15.7. The zero-order valence-corrected chi connectivity index (χ0v) is 23.8. The quantitative estimate of drug-likeness (QED) is 0.337. The topological polar surface area (TPSA) is 89.2 Å². The number of rotatable bonds is 6. The van der Waals surface area contributed by atoms with Crippen LogP contribution in [0, 0.1) is 5.82 Å². The number of halogens is 2. The molecular formula is C28H35ClFN7O2. The molecule has 0 radical (unpaired) electrons. The number of carbonyl (C=O) groups is 1. The Kier molecular flexibility index (Phi) is 7.68. The summed E-state index contributed by atoms with van der Waals surface area (Å²) < 4.78 is 24.4. The molecule has 2 aliphatic rings. The number of benzene rings is 2. The first-order valence-corrected chi connectivity index (χ1v) is 13.9. The molecule has 1 aliphatic heterocycles. The van der Waals surface area contributed by atoms with Gasteiger partial charge in [-0.2, -0.15) is 10.2 Å². The molecule has 39 heavy (non-hydrogen) atoms. The molecular weight excluding hydrogens is 521 g/mol. The monoisotopic (exact) mass is 555 g/mol. The van der Waals surface area contributed by atoms with Gasteiger partial charge in [-0.25, -0.2) is 4.39 Å². The van der Waals surface area contributed by atoms with E-state index in [0.717, 1.165) is 37.0 Å². The molecule has 0 unspecified atom stereocenters. The van der Waals surface area contributed by atoms with Gasteiger partial charge in [0.25, 0.3) is 5.91 Å². The van der Waals surface area contributed by atoms with Crippen LogP contribution in [-0.4, -0.2) is 57.8 Å². The minimum absolute atomic E-state index is 0.131. The van der Waals surface area contributed by atoms with Gasteiger partial charge >= 0.3 is 0 Å². The molecule has 4 aromatic rings. The first kappa shape index (κ1) is 27.2. The van der Waals surface area contributed by atoms with Crippen LogP contribution in [0.15, 0.2) is 24.5 Å². The van der Waals surface area contributed by atoms with Crippen molar-refractivity contribution in [2.75, 3.05) is 30.4 Å². The predicted octanol–water partition coefficient (Wildman–Crippen LogP) is 5.26. The number of hydrogen-bond acceptors (Lipinski definition) is 6. The zero-order chi connectivity index (χ0) is 27.8. The van der Waals surface area contributed by atoms with Gasteiger partial charge in [-0.15, -0.1) is 0 Å². The van der Waals surface area contributed by atoms with Gasteiger partial charge < -0.3 is 20.3 Å². The highest BCUT2D eigenvalue weighted by Crippen LogP contribution is 2.40. The molecule has 2 N–H and O–H groups in total. The summed E-state index contributed by atoms with van der Waals surface area (Å²) in [5.74, 6) is -0.945. The highest BCUT2D eigenvalue weighted by atomic mass is 35.5. The van der Waals surface area contributed by atoms with E-state index in [0.29, 0.717) is 34.3 Å². The molecule has 1 saturated carbocycles. The Morgan fingerprint density at radius 2 is 1.67 bits per heavy atom. The number of piperidine rings is 1. The number of aryl methyl sites for hydroxylation is 2. The summed E-state index contributed by atoms with van der Waals surface area (Å²) in [5.41, 5.74) is 1.82. The lowest BCUT2D eigenvalue weighted by Gasteiger charge is -2.34. The number of anilines is 2. The summed E-state index contributed by atoms with van der Waals surface area (Å²) in [6.45, 7) is 5.63. The second-order valence-corrected chi connectivity index (χ2v) is 10.4. The molecule has 3 heterocycles. The van der Waals surface area contributed by atoms with Crippen LogP contribution in [0.4, 0.5) is 15.8 Å². The normalized spacial score (nSPS) is 15.9. The van der Waals surface area contributed by atoms with E-state index in [9.17, 15) is 4.79 Å². The highest BCUT2D eigenvalue weighted by Gasteiger charge is 2.30. The van der Waals surface area contributed by atoms with Gasteiger partial charge in [-0.05, 0) is 31.7 Å². The Morgan fingerprint density at radius 3 is 2.33 bits per heavy atom. The maximum atomic E-state index is 15.7. The number of aromatic nitrogens is 4. The first-order valence-electron chi connectivity index (χ1n) is 13.5. The van der Waals surface area contributed by atoms with Crippen molar-refractivity contribution >= 4 is 50.7 Å². The number of fused-ring (bicyclic) bond motifs is 2. The van der Waals surface area contributed by atoms with Gasteiger partial charge in [0.05, 0.1) is 23.3 Å². The SMILES string of the molecule is CC.COc1cc2nn(C)cc2c(Cl)c1NC(=O)c1c(F)cc(N2CCC(NC3CC3)CC2)c2cn(C)nc12. The van der Waals surface area contributed by atoms with Gasteiger partial charge in [0, 0.05) is 68.5 Å². The fourth-order valence-corrected chi connectivity index (χ4v) is 5.55. The van der Waals surface area contributed by atoms with Crippen LogP contribution < -0.4 is 20.3 Å². The Bertz CT molecular complexity index is 1520. The number of nitrogens with one attached hydrogen (secondary N) is 2. The molecule has 2 aromatic heterocycles. The van der Waals surface area contributed by atoms with Crippen molar-refractivity contribution < 1.29 is 13.9 Å². The fourth-order valence-electron chi connectivity index (χ4n) is 5.27. The molecule has 2 fully saturated rings. The maximum Gasteiger partial charge on any atom is 0.261 e. The van der Waals surface area contributed by atoms with Gasteiger partial charge in [0.15, 0.2) is 0 Å². The third-order valence-corrected chi connectivity index (χ3v) is 7.63. The third kappa shape index (κ3) is 5.27. The van der Waals surface area contributed by atoms with E-state index in [1.807, 2.05) is 20.0 Å². The molecule has 2 aromatic carbocycles. The van der Waals surface area contributed by atoms with E-state index >= 15 is 4.39 Å². The van der Waals surface area contributed by atoms with Crippen LogP contribution in [0.2, 0.25) is 5.02 Å². The van der Waals surface area contributed by atoms with Crippen LogP contribution in [0.5, 0.6) is 5.75 Å². The average molecular weight is 556 g/mol. The summed E-state index contributed by atoms with van der Waals surface area (Å²) in [5, 5.41) is 17.0. The van der Waals surface area contributed by atoms with Crippen LogP contribution in [0.3, 0.4) is 0 Å². The third-order valence-electron chi connectivity index (χ3n) is 7.24. The second kappa shape index (κ2) is 11.0. The van der Waals surface area contributed by atoms with E-state index in [4.69, 9.17) is 16.3 Å². The Morgan fingerprint density at radius 1 is 1.03 bits per heavy atom. The minimum Gasteiger partial charge on any atom is -0.494 e. The standard InChI is InChI=1S/C26H29ClFN7O2.C2H6/c1-33-12-16-19(31-33)11-21(37-3)25(23(16)27)30-26(36)22-18(28)10-20(17-13-34(2)32-24(17)22)35-8-6-15(7-9-35)29-14-4-5-14;1-2/h10-15,29H,4-9H2,1-3H3,(H,30,36);1-2H3. The average Bonchev–Trinajstić information content (AvgIpc) is 3.53. The fraction of sp³-hybridized carbons (Fsp3) is 0.464. The van der Waals surface area contributed by atoms with E-state index in [-0.39, 0.29) is 16.3 Å². The summed E-state index contributed by atoms with van der Waals surface area (Å²) in [6, 6.07) is 4.31. The van der Waals surface area contributed by atoms with Gasteiger partial charge in [0.1, 0.15) is 28.3 Å². The summed E-state index contributed by atoms with van der Waals surface area (Å²) in [7, 11) is 5.03. The number of carbonyl (C=O) groups excluding carboxylic acids is 1. The van der Waals surface area contributed by atoms with E-state index in [2.05, 4.69) is 25.7 Å². The van der Waals surface area contributed by atoms with Crippen LogP contribution in [-0.2, 0) is 14.1 Å². The molecule has 6 rings (SSSR count). The van der Waals surface area contributed by atoms with Crippen LogP contribution >= 0.6 is 11.6 Å². The smallest absolute Gasteiger partial charge is 0.261 e. The Hall–Kier alpha value is -3.37. The van der Waals surface area contributed by atoms with Crippen LogP contribution in [0.1, 0.15) is 49.9 Å². The Balaban J connectivity index is 0.00000151. The number of nitrogens with zero attached hydrogens (tertiary/aromatic N) is 5. The van der Waals surface area contributed by atoms with Crippen molar-refractivity contribution in [2.45, 2.75) is 51.6 Å². The molecule has 1 amide bonds. The van der Waals surface area contributed by atoms with Crippen LogP contribution in [0.25, 0.3) is 21.8 Å². The number of hydrogen-bond donors (Lipinski definition) is 2. The van der Waals surface area contributed by atoms with E-state index < -0.39 is 11.7 Å². The van der Waals surface area contributed by atoms with Crippen molar-refractivity contribution in [1.82, 2.24) is 24.9 Å². The molecule has 1 aliphatic carbocycles.